The van der Waals surface area contributed by atoms with Crippen LogP contribution in [0.15, 0.2) is 6.07 Å². The molecule has 0 aromatic carbocycles. The van der Waals surface area contributed by atoms with E-state index in [1.165, 1.54) is 7.11 Å². The van der Waals surface area contributed by atoms with Gasteiger partial charge in [-0.2, -0.15) is 18.2 Å². The first-order valence-corrected chi connectivity index (χ1v) is 9.31. The Bertz CT molecular complexity index is 730. The van der Waals surface area contributed by atoms with Gasteiger partial charge in [0.2, 0.25) is 5.95 Å². The highest BCUT2D eigenvalue weighted by atomic mass is 19.4. The number of carbonyl (C=O) groups excluding carboxylic acids is 1. The van der Waals surface area contributed by atoms with Crippen LogP contribution in [0, 0.1) is 17.8 Å². The van der Waals surface area contributed by atoms with Crippen molar-refractivity contribution in [3.8, 4) is 0 Å². The number of ether oxygens (including phenoxy) is 1. The summed E-state index contributed by atoms with van der Waals surface area (Å²) in [6.45, 7) is 3.86. The molecule has 1 saturated carbocycles. The van der Waals surface area contributed by atoms with Crippen molar-refractivity contribution >= 4 is 17.7 Å². The summed E-state index contributed by atoms with van der Waals surface area (Å²) in [4.78, 5) is 23.5. The Balaban J connectivity index is 1.55. The smallest absolute Gasteiger partial charge is 0.433 e. The number of nitrogens with zero attached hydrogens (tertiary/aromatic N) is 4. The highest BCUT2D eigenvalue weighted by molar-refractivity contribution is 5.69. The van der Waals surface area contributed by atoms with Crippen LogP contribution < -0.4 is 9.80 Å². The lowest BCUT2D eigenvalue weighted by Crippen LogP contribution is -2.56. The maximum absolute atomic E-state index is 13.3. The minimum Gasteiger partial charge on any atom is -0.469 e. The number of piperidine rings is 2. The van der Waals surface area contributed by atoms with Crippen molar-refractivity contribution in [2.75, 3.05) is 36.5 Å². The Kier molecular flexibility index (Phi) is 4.43. The summed E-state index contributed by atoms with van der Waals surface area (Å²) in [5.74, 6) is 1.10. The molecule has 2 unspecified atom stereocenters. The lowest BCUT2D eigenvalue weighted by Gasteiger charge is -2.54. The van der Waals surface area contributed by atoms with E-state index in [4.69, 9.17) is 4.74 Å². The van der Waals surface area contributed by atoms with E-state index in [2.05, 4.69) is 9.97 Å². The van der Waals surface area contributed by atoms with Crippen molar-refractivity contribution in [2.24, 2.45) is 17.8 Å². The van der Waals surface area contributed by atoms with Crippen molar-refractivity contribution in [3.05, 3.63) is 11.8 Å². The molecule has 148 valence electrons. The highest BCUT2D eigenvalue weighted by Gasteiger charge is 2.48. The van der Waals surface area contributed by atoms with E-state index < -0.39 is 11.9 Å². The van der Waals surface area contributed by atoms with Gasteiger partial charge in [0.25, 0.3) is 0 Å². The fraction of sp³-hybridized carbons (Fsp3) is 0.722. The molecule has 0 amide bonds. The summed E-state index contributed by atoms with van der Waals surface area (Å²) in [5.41, 5.74) is -0.896. The summed E-state index contributed by atoms with van der Waals surface area (Å²) in [6, 6.07) is 1.20. The van der Waals surface area contributed by atoms with Crippen LogP contribution >= 0.6 is 0 Å². The molecule has 0 spiro atoms. The van der Waals surface area contributed by atoms with Crippen LogP contribution in [-0.2, 0) is 15.7 Å². The number of halogens is 3. The van der Waals surface area contributed by atoms with Crippen molar-refractivity contribution in [1.29, 1.82) is 0 Å². The van der Waals surface area contributed by atoms with E-state index in [1.807, 2.05) is 16.7 Å². The standard InChI is InChI=1S/C18H23F3N4O2/c1-10-3-4-25(10)17-22-14(18(19,20)21)7-15(23-17)24-8-11-5-12(9-24)13(11)6-16(26)27-2/h7,10-13H,3-6,8-9H2,1-2H3/t10?,11-,12+,13?. The van der Waals surface area contributed by atoms with Gasteiger partial charge in [-0.05, 0) is 37.5 Å². The van der Waals surface area contributed by atoms with Crippen molar-refractivity contribution in [2.45, 2.75) is 38.4 Å². The summed E-state index contributed by atoms with van der Waals surface area (Å²) >= 11 is 0. The molecule has 3 saturated heterocycles. The van der Waals surface area contributed by atoms with Gasteiger partial charge in [0.15, 0.2) is 5.69 Å². The first kappa shape index (κ1) is 18.3. The third-order valence-electron chi connectivity index (χ3n) is 6.25. The van der Waals surface area contributed by atoms with Gasteiger partial charge in [0.1, 0.15) is 5.82 Å². The number of carbonyl (C=O) groups is 1. The number of esters is 1. The van der Waals surface area contributed by atoms with Gasteiger partial charge >= 0.3 is 12.1 Å². The Hall–Kier alpha value is -2.06. The molecule has 9 heteroatoms. The minimum atomic E-state index is -4.51. The Morgan fingerprint density at radius 1 is 1.30 bits per heavy atom. The average molecular weight is 384 g/mol. The van der Waals surface area contributed by atoms with Gasteiger partial charge < -0.3 is 14.5 Å². The molecule has 1 aliphatic carbocycles. The number of anilines is 2. The van der Waals surface area contributed by atoms with E-state index in [0.717, 1.165) is 18.9 Å². The monoisotopic (exact) mass is 384 g/mol. The summed E-state index contributed by atoms with van der Waals surface area (Å²) < 4.78 is 44.8. The van der Waals surface area contributed by atoms with Crippen LogP contribution in [0.1, 0.15) is 31.9 Å². The topological polar surface area (TPSA) is 58.6 Å². The molecule has 6 nitrogen and oxygen atoms in total. The molecule has 1 aromatic heterocycles. The predicted octanol–water partition coefficient (Wildman–Crippen LogP) is 2.73. The SMILES string of the molecule is COC(=O)CC1[C@@H]2C[C@H]1CN(c1cc(C(F)(F)F)nc(N3CCC3C)n1)C2. The van der Waals surface area contributed by atoms with Gasteiger partial charge in [0.05, 0.1) is 7.11 Å². The number of hydrogen-bond acceptors (Lipinski definition) is 6. The highest BCUT2D eigenvalue weighted by Crippen LogP contribution is 2.48. The Morgan fingerprint density at radius 3 is 2.52 bits per heavy atom. The number of rotatable bonds is 4. The maximum Gasteiger partial charge on any atom is 0.433 e. The van der Waals surface area contributed by atoms with Crippen LogP contribution in [0.2, 0.25) is 0 Å². The fourth-order valence-corrected chi connectivity index (χ4v) is 4.46. The zero-order chi connectivity index (χ0) is 19.3. The van der Waals surface area contributed by atoms with E-state index in [9.17, 15) is 18.0 Å². The largest absolute Gasteiger partial charge is 0.469 e. The van der Waals surface area contributed by atoms with Gasteiger partial charge in [0, 0.05) is 38.2 Å². The number of aromatic nitrogens is 2. The molecular weight excluding hydrogens is 361 g/mol. The third kappa shape index (κ3) is 3.32. The van der Waals surface area contributed by atoms with Gasteiger partial charge in [-0.1, -0.05) is 0 Å². The van der Waals surface area contributed by atoms with Crippen molar-refractivity contribution in [3.63, 3.8) is 0 Å². The fourth-order valence-electron chi connectivity index (χ4n) is 4.46. The normalized spacial score (nSPS) is 29.8. The van der Waals surface area contributed by atoms with E-state index in [0.29, 0.717) is 43.7 Å². The molecule has 4 fully saturated rings. The van der Waals surface area contributed by atoms with Crippen molar-refractivity contribution in [1.82, 2.24) is 9.97 Å². The number of methoxy groups -OCH3 is 1. The molecule has 4 atom stereocenters. The van der Waals surface area contributed by atoms with Gasteiger partial charge in [-0.15, -0.1) is 0 Å². The molecule has 0 N–H and O–H groups in total. The average Bonchev–Trinajstić information content (AvgIpc) is 2.63. The molecular formula is C18H23F3N4O2. The maximum atomic E-state index is 13.3. The predicted molar refractivity (Wildman–Crippen MR) is 92.4 cm³/mol. The molecule has 4 aliphatic rings. The van der Waals surface area contributed by atoms with Crippen LogP contribution in [0.25, 0.3) is 0 Å². The quantitative estimate of drug-likeness (QED) is 0.744. The Morgan fingerprint density at radius 2 is 2.00 bits per heavy atom. The molecule has 5 rings (SSSR count). The van der Waals surface area contributed by atoms with Crippen LogP contribution in [0.3, 0.4) is 0 Å². The second-order valence-electron chi connectivity index (χ2n) is 7.85. The Labute approximate surface area is 155 Å². The zero-order valence-corrected chi connectivity index (χ0v) is 15.4. The minimum absolute atomic E-state index is 0.153. The third-order valence-corrected chi connectivity index (χ3v) is 6.25. The first-order chi connectivity index (χ1) is 12.8. The molecule has 0 radical (unpaired) electrons. The number of fused-ring (bicyclic) bond motifs is 2. The van der Waals surface area contributed by atoms with Gasteiger partial charge in [-0.25, -0.2) is 4.98 Å². The summed E-state index contributed by atoms with van der Waals surface area (Å²) in [6.07, 6.45) is -2.19. The van der Waals surface area contributed by atoms with E-state index in [-0.39, 0.29) is 23.9 Å². The molecule has 4 heterocycles. The van der Waals surface area contributed by atoms with E-state index >= 15 is 0 Å². The molecule has 1 aromatic rings. The van der Waals surface area contributed by atoms with Crippen LogP contribution in [0.5, 0.6) is 0 Å². The first-order valence-electron chi connectivity index (χ1n) is 9.31. The molecule has 3 aliphatic heterocycles. The van der Waals surface area contributed by atoms with Crippen LogP contribution in [0.4, 0.5) is 24.9 Å². The lowest BCUT2D eigenvalue weighted by molar-refractivity contribution is -0.145. The number of alkyl halides is 3. The zero-order valence-electron chi connectivity index (χ0n) is 15.4. The van der Waals surface area contributed by atoms with E-state index in [1.54, 1.807) is 0 Å². The summed E-state index contributed by atoms with van der Waals surface area (Å²) in [7, 11) is 1.38. The van der Waals surface area contributed by atoms with Gasteiger partial charge in [-0.3, -0.25) is 4.79 Å². The lowest BCUT2D eigenvalue weighted by atomic mass is 9.60. The second kappa shape index (κ2) is 6.53. The van der Waals surface area contributed by atoms with Crippen molar-refractivity contribution < 1.29 is 22.7 Å². The van der Waals surface area contributed by atoms with Crippen LogP contribution in [-0.4, -0.2) is 48.7 Å². The summed E-state index contributed by atoms with van der Waals surface area (Å²) in [5, 5.41) is 0. The molecule has 2 bridgehead atoms. The second-order valence-corrected chi connectivity index (χ2v) is 7.85. The number of hydrogen-bond donors (Lipinski definition) is 0. The molecule has 27 heavy (non-hydrogen) atoms.